The second kappa shape index (κ2) is 9.59. The molecule has 1 fully saturated rings. The maximum absolute atomic E-state index is 12.7. The quantitative estimate of drug-likeness (QED) is 0.365. The van der Waals surface area contributed by atoms with Gasteiger partial charge >= 0.3 is 5.97 Å². The van der Waals surface area contributed by atoms with E-state index >= 15 is 0 Å². The van der Waals surface area contributed by atoms with Gasteiger partial charge < -0.3 is 14.2 Å². The Morgan fingerprint density at radius 2 is 1.70 bits per heavy atom. The third-order valence-corrected chi connectivity index (χ3v) is 6.57. The van der Waals surface area contributed by atoms with E-state index in [9.17, 15) is 4.79 Å². The van der Waals surface area contributed by atoms with Gasteiger partial charge in [-0.15, -0.1) is 0 Å². The Kier molecular flexibility index (Phi) is 6.22. The Balaban J connectivity index is 1.59. The monoisotopic (exact) mass is 439 g/mol. The summed E-state index contributed by atoms with van der Waals surface area (Å²) in [5.74, 6) is -0.317. The lowest BCUT2D eigenvalue weighted by Crippen LogP contribution is -2.32. The molecule has 5 rings (SSSR count). The summed E-state index contributed by atoms with van der Waals surface area (Å²) < 4.78 is 7.40. The fourth-order valence-electron chi connectivity index (χ4n) is 4.84. The number of aromatic nitrogens is 2. The molecule has 0 saturated carbocycles. The minimum Gasteiger partial charge on any atom is -0.465 e. The normalized spacial score (nSPS) is 14.5. The van der Waals surface area contributed by atoms with E-state index in [0.717, 1.165) is 46.2 Å². The van der Waals surface area contributed by atoms with Gasteiger partial charge in [-0.05, 0) is 49.7 Å². The van der Waals surface area contributed by atoms with Crippen molar-refractivity contribution >= 4 is 16.9 Å². The number of esters is 1. The summed E-state index contributed by atoms with van der Waals surface area (Å²) >= 11 is 0. The van der Waals surface area contributed by atoms with E-state index in [4.69, 9.17) is 4.74 Å². The second-order valence-electron chi connectivity index (χ2n) is 8.66. The molecule has 2 aromatic heterocycles. The summed E-state index contributed by atoms with van der Waals surface area (Å²) in [6.45, 7) is 4.23. The molecule has 1 saturated heterocycles. The number of likely N-dealkylation sites (tertiary alicyclic amines) is 1. The van der Waals surface area contributed by atoms with Crippen LogP contribution in [0.5, 0.6) is 0 Å². The van der Waals surface area contributed by atoms with Gasteiger partial charge in [-0.1, -0.05) is 42.8 Å². The first-order valence-electron chi connectivity index (χ1n) is 11.7. The van der Waals surface area contributed by atoms with Crippen LogP contribution in [0.25, 0.3) is 33.2 Å². The summed E-state index contributed by atoms with van der Waals surface area (Å²) in [6.07, 6.45) is 9.83. The molecule has 33 heavy (non-hydrogen) atoms. The van der Waals surface area contributed by atoms with Crippen molar-refractivity contribution < 1.29 is 9.53 Å². The van der Waals surface area contributed by atoms with Crippen LogP contribution >= 0.6 is 0 Å². The first-order valence-corrected chi connectivity index (χ1v) is 11.7. The van der Waals surface area contributed by atoms with Crippen LogP contribution in [-0.2, 0) is 11.3 Å². The van der Waals surface area contributed by atoms with Gasteiger partial charge in [0.2, 0.25) is 0 Å². The topological polar surface area (TPSA) is 47.4 Å². The zero-order chi connectivity index (χ0) is 22.6. The number of benzene rings is 2. The lowest BCUT2D eigenvalue weighted by molar-refractivity contribution is 0.0603. The zero-order valence-corrected chi connectivity index (χ0v) is 19.0. The summed E-state index contributed by atoms with van der Waals surface area (Å²) in [6, 6.07) is 18.3. The molecular weight excluding hydrogens is 410 g/mol. The standard InChI is InChI=1S/C28H29N3O2/c1-33-28(32)24-11-8-12-26-27(24)25(20-31(26)16-15-30-13-6-3-7-14-30)23-17-22(18-29-19-23)21-9-4-2-5-10-21/h2,4-5,8-12,17-20H,3,6-7,13-16H2,1H3. The third-order valence-electron chi connectivity index (χ3n) is 6.57. The number of hydrogen-bond acceptors (Lipinski definition) is 4. The highest BCUT2D eigenvalue weighted by atomic mass is 16.5. The molecule has 0 aliphatic carbocycles. The predicted octanol–water partition coefficient (Wildman–Crippen LogP) is 5.64. The molecule has 5 nitrogen and oxygen atoms in total. The number of piperidine rings is 1. The molecule has 168 valence electrons. The molecule has 0 bridgehead atoms. The Bertz CT molecular complexity index is 1260. The smallest absolute Gasteiger partial charge is 0.338 e. The van der Waals surface area contributed by atoms with Crippen molar-refractivity contribution in [2.75, 3.05) is 26.7 Å². The van der Waals surface area contributed by atoms with Crippen molar-refractivity contribution in [1.82, 2.24) is 14.5 Å². The Morgan fingerprint density at radius 3 is 2.48 bits per heavy atom. The number of carbonyl (C=O) groups excluding carboxylic acids is 1. The first kappa shape index (κ1) is 21.4. The number of rotatable bonds is 6. The molecular formula is C28H29N3O2. The number of methoxy groups -OCH3 is 1. The first-order chi connectivity index (χ1) is 16.2. The zero-order valence-electron chi connectivity index (χ0n) is 19.0. The van der Waals surface area contributed by atoms with Gasteiger partial charge in [-0.2, -0.15) is 0 Å². The number of hydrogen-bond donors (Lipinski definition) is 0. The van der Waals surface area contributed by atoms with Crippen LogP contribution in [0.4, 0.5) is 0 Å². The number of pyridine rings is 1. The predicted molar refractivity (Wildman–Crippen MR) is 132 cm³/mol. The maximum atomic E-state index is 12.7. The number of fused-ring (bicyclic) bond motifs is 1. The maximum Gasteiger partial charge on any atom is 0.338 e. The molecule has 2 aromatic carbocycles. The van der Waals surface area contributed by atoms with Crippen molar-refractivity contribution in [2.24, 2.45) is 0 Å². The van der Waals surface area contributed by atoms with Crippen molar-refractivity contribution in [3.63, 3.8) is 0 Å². The van der Waals surface area contributed by atoms with Gasteiger partial charge in [-0.25, -0.2) is 4.79 Å². The van der Waals surface area contributed by atoms with Gasteiger partial charge in [0.15, 0.2) is 0 Å². The van der Waals surface area contributed by atoms with Crippen molar-refractivity contribution in [3.8, 4) is 22.3 Å². The van der Waals surface area contributed by atoms with E-state index in [-0.39, 0.29) is 5.97 Å². The van der Waals surface area contributed by atoms with E-state index in [0.29, 0.717) is 5.56 Å². The van der Waals surface area contributed by atoms with Crippen LogP contribution < -0.4 is 0 Å². The van der Waals surface area contributed by atoms with Crippen LogP contribution in [0, 0.1) is 0 Å². The third kappa shape index (κ3) is 4.41. The molecule has 0 atom stereocenters. The highest BCUT2D eigenvalue weighted by molar-refractivity contribution is 6.10. The van der Waals surface area contributed by atoms with Crippen LogP contribution in [0.3, 0.4) is 0 Å². The van der Waals surface area contributed by atoms with Gasteiger partial charge in [0.05, 0.1) is 12.7 Å². The van der Waals surface area contributed by atoms with Crippen LogP contribution in [0.15, 0.2) is 73.2 Å². The number of carbonyl (C=O) groups is 1. The Labute approximate surface area is 194 Å². The lowest BCUT2D eigenvalue weighted by atomic mass is 9.99. The molecule has 1 aliphatic heterocycles. The van der Waals surface area contributed by atoms with E-state index < -0.39 is 0 Å². The average molecular weight is 440 g/mol. The average Bonchev–Trinajstić information content (AvgIpc) is 3.27. The van der Waals surface area contributed by atoms with Crippen LogP contribution in [0.2, 0.25) is 0 Å². The van der Waals surface area contributed by atoms with Gasteiger partial charge in [-0.3, -0.25) is 4.98 Å². The Hall–Kier alpha value is -3.44. The van der Waals surface area contributed by atoms with Crippen molar-refractivity contribution in [2.45, 2.75) is 25.8 Å². The summed E-state index contributed by atoms with van der Waals surface area (Å²) in [5.41, 5.74) is 5.82. The highest BCUT2D eigenvalue weighted by Crippen LogP contribution is 2.35. The van der Waals surface area contributed by atoms with E-state index in [1.165, 1.54) is 39.5 Å². The highest BCUT2D eigenvalue weighted by Gasteiger charge is 2.20. The SMILES string of the molecule is COC(=O)c1cccc2c1c(-c1cncc(-c3ccccc3)c1)cn2CCN1CCCCC1. The van der Waals surface area contributed by atoms with Gasteiger partial charge in [0.25, 0.3) is 0 Å². The number of ether oxygens (including phenoxy) is 1. The van der Waals surface area contributed by atoms with Crippen molar-refractivity contribution in [1.29, 1.82) is 0 Å². The number of nitrogens with zero attached hydrogens (tertiary/aromatic N) is 3. The summed E-state index contributed by atoms with van der Waals surface area (Å²) in [7, 11) is 1.44. The fraction of sp³-hybridized carbons (Fsp3) is 0.286. The second-order valence-corrected chi connectivity index (χ2v) is 8.66. The van der Waals surface area contributed by atoms with Crippen LogP contribution in [-0.4, -0.2) is 47.2 Å². The van der Waals surface area contributed by atoms with Gasteiger partial charge in [0, 0.05) is 59.3 Å². The molecule has 4 aromatic rings. The Morgan fingerprint density at radius 1 is 0.909 bits per heavy atom. The molecule has 0 N–H and O–H groups in total. The molecule has 0 amide bonds. The molecule has 0 spiro atoms. The summed E-state index contributed by atoms with van der Waals surface area (Å²) in [5, 5.41) is 0.926. The van der Waals surface area contributed by atoms with E-state index in [1.807, 2.05) is 42.7 Å². The molecule has 1 aliphatic rings. The molecule has 0 unspecified atom stereocenters. The minimum atomic E-state index is -0.317. The molecule has 5 heteroatoms. The van der Waals surface area contributed by atoms with E-state index in [1.54, 1.807) is 0 Å². The molecule has 0 radical (unpaired) electrons. The van der Waals surface area contributed by atoms with Crippen molar-refractivity contribution in [3.05, 3.63) is 78.8 Å². The molecule has 3 heterocycles. The fourth-order valence-corrected chi connectivity index (χ4v) is 4.84. The minimum absolute atomic E-state index is 0.317. The van der Waals surface area contributed by atoms with Crippen LogP contribution in [0.1, 0.15) is 29.6 Å². The summed E-state index contributed by atoms with van der Waals surface area (Å²) in [4.78, 5) is 19.7. The lowest BCUT2D eigenvalue weighted by Gasteiger charge is -2.26. The van der Waals surface area contributed by atoms with E-state index in [2.05, 4.69) is 44.9 Å². The largest absolute Gasteiger partial charge is 0.465 e. The van der Waals surface area contributed by atoms with Gasteiger partial charge in [0.1, 0.15) is 0 Å².